The summed E-state index contributed by atoms with van der Waals surface area (Å²) < 4.78 is 25.1. The molecule has 0 bridgehead atoms. The van der Waals surface area contributed by atoms with Crippen LogP contribution in [-0.4, -0.2) is 24.0 Å². The van der Waals surface area contributed by atoms with Crippen LogP contribution in [0.2, 0.25) is 5.09 Å². The van der Waals surface area contributed by atoms with Crippen molar-refractivity contribution in [1.82, 2.24) is 0 Å². The van der Waals surface area contributed by atoms with Crippen LogP contribution in [0.15, 0.2) is 12.1 Å². The van der Waals surface area contributed by atoms with Crippen LogP contribution < -0.4 is 5.73 Å². The predicted octanol–water partition coefficient (Wildman–Crippen LogP) is 2.73. The molecule has 0 heterocycles. The Hall–Kier alpha value is -0.853. The molecule has 0 aliphatic heterocycles. The van der Waals surface area contributed by atoms with Crippen molar-refractivity contribution in [2.75, 3.05) is 5.73 Å². The third-order valence-corrected chi connectivity index (χ3v) is 1.93. The van der Waals surface area contributed by atoms with E-state index in [4.69, 9.17) is 5.73 Å². The minimum atomic E-state index is -0.933. The number of benzene rings is 1. The van der Waals surface area contributed by atoms with Gasteiger partial charge in [0.25, 0.3) is 0 Å². The first-order valence-electron chi connectivity index (χ1n) is 5.26. The molecule has 1 rings (SSSR count). The number of aldehydes is 1. The third-order valence-electron chi connectivity index (χ3n) is 1.93. The zero-order chi connectivity index (χ0) is 12.6. The maximum absolute atomic E-state index is 12.6. The van der Waals surface area contributed by atoms with Gasteiger partial charge < -0.3 is 5.73 Å². The van der Waals surface area contributed by atoms with E-state index < -0.39 is 17.2 Å². The Balaban J connectivity index is 0.000000385. The molecular formula is C11H14F2LiNO. The van der Waals surface area contributed by atoms with Gasteiger partial charge in [0, 0.05) is 5.69 Å². The van der Waals surface area contributed by atoms with E-state index in [0.717, 1.165) is 12.1 Å². The summed E-state index contributed by atoms with van der Waals surface area (Å²) in [5.41, 5.74) is 4.47. The molecule has 0 aromatic heterocycles. The van der Waals surface area contributed by atoms with Crippen LogP contribution in [0, 0.1) is 11.6 Å². The molecule has 1 aromatic rings. The van der Waals surface area contributed by atoms with E-state index >= 15 is 0 Å². The molecule has 16 heavy (non-hydrogen) atoms. The molecule has 0 radical (unpaired) electrons. The molecule has 0 fully saturated rings. The van der Waals surface area contributed by atoms with E-state index in [-0.39, 0.29) is 12.0 Å². The van der Waals surface area contributed by atoms with Gasteiger partial charge in [-0.2, -0.15) is 0 Å². The fourth-order valence-corrected chi connectivity index (χ4v) is 1.07. The molecular weight excluding hydrogens is 207 g/mol. The Morgan fingerprint density at radius 1 is 1.38 bits per heavy atom. The molecule has 0 atom stereocenters. The van der Waals surface area contributed by atoms with E-state index in [1.165, 1.54) is 17.9 Å². The molecule has 84 valence electrons. The van der Waals surface area contributed by atoms with Gasteiger partial charge in [0.2, 0.25) is 0 Å². The Bertz CT molecular complexity index is 320. The molecule has 0 saturated heterocycles. The van der Waals surface area contributed by atoms with Gasteiger partial charge >= 0.3 is 42.6 Å². The molecule has 0 aliphatic rings. The average Bonchev–Trinajstić information content (AvgIpc) is 2.19. The fraction of sp³-hybridized carbons (Fsp3) is 0.364. The average molecular weight is 221 g/mol. The molecule has 0 spiro atoms. The van der Waals surface area contributed by atoms with Crippen molar-refractivity contribution in [3.63, 3.8) is 0 Å². The van der Waals surface area contributed by atoms with Gasteiger partial charge in [0.1, 0.15) is 11.6 Å². The van der Waals surface area contributed by atoms with Gasteiger partial charge in [-0.25, -0.2) is 8.78 Å². The minimum absolute atomic E-state index is 0.0365. The van der Waals surface area contributed by atoms with Crippen LogP contribution in [-0.2, 0) is 0 Å². The van der Waals surface area contributed by atoms with Gasteiger partial charge in [0.15, 0.2) is 6.29 Å². The number of anilines is 1. The summed E-state index contributed by atoms with van der Waals surface area (Å²) in [6.45, 7) is 2.21. The maximum atomic E-state index is 12.6. The number of unbranched alkanes of at least 4 members (excludes halogenated alkanes) is 1. The number of halogens is 2. The van der Waals surface area contributed by atoms with Crippen LogP contribution in [0.1, 0.15) is 30.1 Å². The Morgan fingerprint density at radius 2 is 1.88 bits per heavy atom. The first kappa shape index (κ1) is 15.1. The van der Waals surface area contributed by atoms with Crippen LogP contribution in [0.25, 0.3) is 0 Å². The topological polar surface area (TPSA) is 43.1 Å². The van der Waals surface area contributed by atoms with E-state index in [1.807, 2.05) is 0 Å². The Morgan fingerprint density at radius 3 is 2.12 bits per heavy atom. The molecule has 2 nitrogen and oxygen atoms in total. The van der Waals surface area contributed by atoms with E-state index in [0.29, 0.717) is 0 Å². The summed E-state index contributed by atoms with van der Waals surface area (Å²) >= 11 is 2.21. The van der Waals surface area contributed by atoms with Crippen molar-refractivity contribution < 1.29 is 13.6 Å². The number of rotatable bonds is 3. The van der Waals surface area contributed by atoms with Gasteiger partial charge in [-0.15, -0.1) is 0 Å². The number of nitrogen functional groups attached to an aromatic ring is 1. The van der Waals surface area contributed by atoms with Crippen molar-refractivity contribution in [3.05, 3.63) is 29.3 Å². The number of hydrogen-bond acceptors (Lipinski definition) is 2. The summed E-state index contributed by atoms with van der Waals surface area (Å²) in [6.07, 6.45) is 2.85. The summed E-state index contributed by atoms with van der Waals surface area (Å²) in [4.78, 5) is 10.0. The van der Waals surface area contributed by atoms with Crippen molar-refractivity contribution in [1.29, 1.82) is 0 Å². The SMILES string of the molecule is Nc1cc(F)c(C=O)c(F)c1.[Li][CH2]CCC. The predicted molar refractivity (Wildman–Crippen MR) is 61.6 cm³/mol. The standard InChI is InChI=1S/C7H5F2NO.C4H9.Li/c8-6-1-4(10)2-7(9)5(6)3-11;1-3-4-2;/h1-3H,10H2;1,3-4H2,2H3;. The second-order valence-electron chi connectivity index (χ2n) is 3.37. The Labute approximate surface area is 103 Å². The number of nitrogens with two attached hydrogens (primary N) is 1. The third kappa shape index (κ3) is 5.29. The van der Waals surface area contributed by atoms with E-state index in [2.05, 4.69) is 24.6 Å². The molecule has 0 saturated carbocycles. The van der Waals surface area contributed by atoms with Crippen LogP contribution in [0.3, 0.4) is 0 Å². The first-order chi connectivity index (χ1) is 7.56. The quantitative estimate of drug-likeness (QED) is 0.484. The molecule has 0 unspecified atom stereocenters. The fourth-order valence-electron chi connectivity index (χ4n) is 1.07. The summed E-state index contributed by atoms with van der Waals surface area (Å²) in [6, 6.07) is 1.79. The second kappa shape index (κ2) is 8.32. The van der Waals surface area contributed by atoms with Crippen LogP contribution in [0.5, 0.6) is 0 Å². The summed E-state index contributed by atoms with van der Waals surface area (Å²) in [5, 5.41) is 1.34. The van der Waals surface area contributed by atoms with Crippen molar-refractivity contribution in [2.24, 2.45) is 0 Å². The number of carbonyl (C=O) groups excluding carboxylic acids is 1. The van der Waals surface area contributed by atoms with Gasteiger partial charge in [-0.05, 0) is 12.1 Å². The van der Waals surface area contributed by atoms with Crippen molar-refractivity contribution in [3.8, 4) is 0 Å². The number of hydrogen-bond donors (Lipinski definition) is 1. The normalized spacial score (nSPS) is 9.31. The number of carbonyl (C=O) groups is 1. The molecule has 0 amide bonds. The first-order valence-corrected chi connectivity index (χ1v) is 5.26. The monoisotopic (exact) mass is 221 g/mol. The second-order valence-corrected chi connectivity index (χ2v) is 3.37. The molecule has 0 aliphatic carbocycles. The summed E-state index contributed by atoms with van der Waals surface area (Å²) in [7, 11) is 0. The van der Waals surface area contributed by atoms with Crippen LogP contribution in [0.4, 0.5) is 14.5 Å². The van der Waals surface area contributed by atoms with Gasteiger partial charge in [0.05, 0.1) is 5.56 Å². The van der Waals surface area contributed by atoms with Gasteiger partial charge in [-0.1, -0.05) is 0 Å². The molecule has 5 heteroatoms. The molecule has 2 N–H and O–H groups in total. The zero-order valence-electron chi connectivity index (χ0n) is 9.59. The van der Waals surface area contributed by atoms with E-state index in [9.17, 15) is 13.6 Å². The zero-order valence-corrected chi connectivity index (χ0v) is 9.59. The molecule has 1 aromatic carbocycles. The van der Waals surface area contributed by atoms with Crippen molar-refractivity contribution >= 4 is 29.7 Å². The van der Waals surface area contributed by atoms with Crippen LogP contribution >= 0.6 is 0 Å². The van der Waals surface area contributed by atoms with E-state index in [1.54, 1.807) is 0 Å². The van der Waals surface area contributed by atoms with Gasteiger partial charge in [-0.3, -0.25) is 4.79 Å². The summed E-state index contributed by atoms with van der Waals surface area (Å²) in [5.74, 6) is -1.87. The van der Waals surface area contributed by atoms with Crippen molar-refractivity contribution in [2.45, 2.75) is 24.9 Å². The Kier molecular flexibility index (Phi) is 7.87.